The maximum atomic E-state index is 12.5. The van der Waals surface area contributed by atoms with Gasteiger partial charge in [-0.1, -0.05) is 18.2 Å². The quantitative estimate of drug-likeness (QED) is 0.612. The highest BCUT2D eigenvalue weighted by molar-refractivity contribution is 6.07. The average Bonchev–Trinajstić information content (AvgIpc) is 2.97. The molecule has 0 unspecified atom stereocenters. The molecule has 3 N–H and O–H groups in total. The molecule has 3 rings (SSSR count). The van der Waals surface area contributed by atoms with E-state index in [-0.39, 0.29) is 11.4 Å². The molecule has 136 valence electrons. The number of rotatable bonds is 4. The number of carbonyl (C=O) groups excluding carboxylic acids is 1. The van der Waals surface area contributed by atoms with Gasteiger partial charge >= 0.3 is 6.18 Å². The fourth-order valence-electron chi connectivity index (χ4n) is 2.85. The summed E-state index contributed by atoms with van der Waals surface area (Å²) in [4.78, 5) is 15.6. The number of benzene rings is 2. The fourth-order valence-corrected chi connectivity index (χ4v) is 2.85. The Balaban J connectivity index is 1.83. The topological polar surface area (TPSA) is 56.9 Å². The maximum Gasteiger partial charge on any atom is 0.405 e. The highest BCUT2D eigenvalue weighted by atomic mass is 19.4. The van der Waals surface area contributed by atoms with Crippen LogP contribution < -0.4 is 10.6 Å². The van der Waals surface area contributed by atoms with E-state index >= 15 is 0 Å². The molecule has 1 amide bonds. The van der Waals surface area contributed by atoms with E-state index in [4.69, 9.17) is 0 Å². The monoisotopic (exact) mass is 361 g/mol. The first-order valence-corrected chi connectivity index (χ1v) is 8.04. The number of para-hydroxylation sites is 2. The Kier molecular flexibility index (Phi) is 4.63. The van der Waals surface area contributed by atoms with Crippen molar-refractivity contribution >= 4 is 28.2 Å². The number of halogens is 3. The molecule has 0 aliphatic heterocycles. The fraction of sp³-hybridized carbons (Fsp3) is 0.211. The van der Waals surface area contributed by atoms with Crippen molar-refractivity contribution in [2.24, 2.45) is 0 Å². The molecule has 0 radical (unpaired) electrons. The van der Waals surface area contributed by atoms with Crippen LogP contribution in [0.4, 0.5) is 24.5 Å². The van der Waals surface area contributed by atoms with Crippen LogP contribution >= 0.6 is 0 Å². The number of hydrogen-bond donors (Lipinski definition) is 3. The molecule has 0 aliphatic carbocycles. The number of H-pyrrole nitrogens is 1. The van der Waals surface area contributed by atoms with E-state index in [1.165, 1.54) is 6.07 Å². The molecule has 1 heterocycles. The van der Waals surface area contributed by atoms with Crippen LogP contribution in [-0.4, -0.2) is 23.6 Å². The molecule has 0 saturated heterocycles. The molecule has 7 heteroatoms. The number of fused-ring (bicyclic) bond motifs is 1. The Hall–Kier alpha value is -2.96. The standard InChI is InChI=1S/C19H18F3N3O/c1-11-7-12(2)13-9-17(24-16(13)8-11)18(26)25-15-6-4-3-5-14(15)23-10-19(20,21)22/h3-9,23-24H,10H2,1-2H3,(H,25,26). The van der Waals surface area contributed by atoms with E-state index in [9.17, 15) is 18.0 Å². The maximum absolute atomic E-state index is 12.5. The van der Waals surface area contributed by atoms with E-state index in [1.54, 1.807) is 24.3 Å². The van der Waals surface area contributed by atoms with Crippen molar-refractivity contribution < 1.29 is 18.0 Å². The molecule has 1 aromatic heterocycles. The normalized spacial score (nSPS) is 11.6. The second kappa shape index (κ2) is 6.74. The van der Waals surface area contributed by atoms with Gasteiger partial charge in [0, 0.05) is 10.9 Å². The third-order valence-corrected chi connectivity index (χ3v) is 3.99. The number of aromatic amines is 1. The smallest absolute Gasteiger partial charge is 0.375 e. The van der Waals surface area contributed by atoms with Gasteiger partial charge < -0.3 is 15.6 Å². The molecular weight excluding hydrogens is 343 g/mol. The van der Waals surface area contributed by atoms with E-state index in [0.29, 0.717) is 5.69 Å². The second-order valence-electron chi connectivity index (χ2n) is 6.19. The summed E-state index contributed by atoms with van der Waals surface area (Å²) in [6.45, 7) is 2.75. The number of amides is 1. The summed E-state index contributed by atoms with van der Waals surface area (Å²) in [6.07, 6.45) is -4.34. The van der Waals surface area contributed by atoms with Gasteiger partial charge in [-0.15, -0.1) is 0 Å². The summed E-state index contributed by atoms with van der Waals surface area (Å²) in [5.41, 5.74) is 3.80. The van der Waals surface area contributed by atoms with E-state index in [2.05, 4.69) is 15.6 Å². The Morgan fingerprint density at radius 2 is 1.77 bits per heavy atom. The van der Waals surface area contributed by atoms with Crippen LogP contribution in [-0.2, 0) is 0 Å². The minimum absolute atomic E-state index is 0.210. The minimum Gasteiger partial charge on any atom is -0.375 e. The summed E-state index contributed by atoms with van der Waals surface area (Å²) < 4.78 is 37.3. The molecule has 4 nitrogen and oxygen atoms in total. The molecule has 0 spiro atoms. The van der Waals surface area contributed by atoms with Crippen LogP contribution in [0, 0.1) is 13.8 Å². The predicted octanol–water partition coefficient (Wildman–Crippen LogP) is 5.01. The number of aromatic nitrogens is 1. The van der Waals surface area contributed by atoms with Crippen molar-refractivity contribution in [1.29, 1.82) is 0 Å². The first kappa shape index (κ1) is 17.8. The average molecular weight is 361 g/mol. The summed E-state index contributed by atoms with van der Waals surface area (Å²) in [5.74, 6) is -0.417. The molecule has 0 aliphatic rings. The summed E-state index contributed by atoms with van der Waals surface area (Å²) in [6, 6.07) is 12.0. The summed E-state index contributed by atoms with van der Waals surface area (Å²) in [5, 5.41) is 5.90. The molecule has 2 aromatic carbocycles. The van der Waals surface area contributed by atoms with Crippen LogP contribution in [0.25, 0.3) is 10.9 Å². The molecule has 0 saturated carbocycles. The van der Waals surface area contributed by atoms with Gasteiger partial charge in [0.1, 0.15) is 12.2 Å². The third kappa shape index (κ3) is 3.99. The lowest BCUT2D eigenvalue weighted by Gasteiger charge is -2.14. The lowest BCUT2D eigenvalue weighted by atomic mass is 10.1. The van der Waals surface area contributed by atoms with Crippen LogP contribution in [0.2, 0.25) is 0 Å². The van der Waals surface area contributed by atoms with Crippen LogP contribution in [0.15, 0.2) is 42.5 Å². The van der Waals surface area contributed by atoms with Crippen molar-refractivity contribution in [3.05, 3.63) is 59.3 Å². The minimum atomic E-state index is -4.34. The highest BCUT2D eigenvalue weighted by Crippen LogP contribution is 2.25. The number of nitrogens with one attached hydrogen (secondary N) is 3. The van der Waals surface area contributed by atoms with Crippen molar-refractivity contribution in [2.45, 2.75) is 20.0 Å². The third-order valence-electron chi connectivity index (χ3n) is 3.99. The lowest BCUT2D eigenvalue weighted by molar-refractivity contribution is -0.115. The van der Waals surface area contributed by atoms with Gasteiger partial charge in [0.15, 0.2) is 0 Å². The second-order valence-corrected chi connectivity index (χ2v) is 6.19. The van der Waals surface area contributed by atoms with Gasteiger partial charge in [0.05, 0.1) is 11.4 Å². The zero-order chi connectivity index (χ0) is 18.9. The molecule has 26 heavy (non-hydrogen) atoms. The zero-order valence-corrected chi connectivity index (χ0v) is 14.3. The Morgan fingerprint density at radius 1 is 1.08 bits per heavy atom. The number of anilines is 2. The van der Waals surface area contributed by atoms with Gasteiger partial charge in [0.2, 0.25) is 0 Å². The van der Waals surface area contributed by atoms with Crippen LogP contribution in [0.3, 0.4) is 0 Å². The SMILES string of the molecule is Cc1cc(C)c2cc(C(=O)Nc3ccccc3NCC(F)(F)F)[nH]c2c1. The van der Waals surface area contributed by atoms with Crippen molar-refractivity contribution in [1.82, 2.24) is 4.98 Å². The summed E-state index contributed by atoms with van der Waals surface area (Å²) >= 11 is 0. The Bertz CT molecular complexity index is 960. The molecule has 0 atom stereocenters. The van der Waals surface area contributed by atoms with Crippen molar-refractivity contribution in [3.63, 3.8) is 0 Å². The number of hydrogen-bond acceptors (Lipinski definition) is 2. The van der Waals surface area contributed by atoms with Gasteiger partial charge in [-0.05, 0) is 49.2 Å². The molecule has 0 bridgehead atoms. The van der Waals surface area contributed by atoms with Crippen molar-refractivity contribution in [2.75, 3.05) is 17.2 Å². The van der Waals surface area contributed by atoms with Crippen LogP contribution in [0.5, 0.6) is 0 Å². The number of aryl methyl sites for hydroxylation is 2. The van der Waals surface area contributed by atoms with Gasteiger partial charge in [-0.25, -0.2) is 0 Å². The Morgan fingerprint density at radius 3 is 2.46 bits per heavy atom. The van der Waals surface area contributed by atoms with Gasteiger partial charge in [0.25, 0.3) is 5.91 Å². The van der Waals surface area contributed by atoms with Gasteiger partial charge in [-0.2, -0.15) is 13.2 Å². The zero-order valence-electron chi connectivity index (χ0n) is 14.3. The Labute approximate surface area is 148 Å². The highest BCUT2D eigenvalue weighted by Gasteiger charge is 2.27. The van der Waals surface area contributed by atoms with Crippen LogP contribution in [0.1, 0.15) is 21.6 Å². The first-order valence-electron chi connectivity index (χ1n) is 8.04. The van der Waals surface area contributed by atoms with E-state index < -0.39 is 18.6 Å². The van der Waals surface area contributed by atoms with Gasteiger partial charge in [-0.3, -0.25) is 4.79 Å². The molecule has 3 aromatic rings. The lowest BCUT2D eigenvalue weighted by Crippen LogP contribution is -2.22. The number of carbonyl (C=O) groups is 1. The summed E-state index contributed by atoms with van der Waals surface area (Å²) in [7, 11) is 0. The predicted molar refractivity (Wildman–Crippen MR) is 96.7 cm³/mol. The molecule has 0 fully saturated rings. The molecular formula is C19H18F3N3O. The van der Waals surface area contributed by atoms with E-state index in [1.807, 2.05) is 26.0 Å². The first-order chi connectivity index (χ1) is 12.2. The largest absolute Gasteiger partial charge is 0.405 e. The van der Waals surface area contributed by atoms with Crippen molar-refractivity contribution in [3.8, 4) is 0 Å². The van der Waals surface area contributed by atoms with E-state index in [0.717, 1.165) is 22.0 Å². The number of alkyl halides is 3.